The SMILES string of the molecule is COC(=O)C1=CC(=C=O)CC=C1. The Morgan fingerprint density at radius 1 is 1.67 bits per heavy atom. The van der Waals surface area contributed by atoms with Crippen LogP contribution in [-0.4, -0.2) is 19.0 Å². The molecule has 1 rings (SSSR count). The zero-order valence-electron chi connectivity index (χ0n) is 6.66. The lowest BCUT2D eigenvalue weighted by atomic mass is 10.0. The molecule has 0 amide bonds. The van der Waals surface area contributed by atoms with Gasteiger partial charge in [0.15, 0.2) is 0 Å². The molecule has 12 heavy (non-hydrogen) atoms. The number of hydrogen-bond donors (Lipinski definition) is 0. The minimum absolute atomic E-state index is 0.391. The molecule has 0 unspecified atom stereocenters. The van der Waals surface area contributed by atoms with Crippen molar-refractivity contribution in [2.75, 3.05) is 7.11 Å². The highest BCUT2D eigenvalue weighted by Gasteiger charge is 2.10. The molecule has 0 spiro atoms. The molecule has 0 heterocycles. The van der Waals surface area contributed by atoms with Gasteiger partial charge in [0, 0.05) is 12.0 Å². The molecular weight excluding hydrogens is 156 g/mol. The number of hydrogen-bond acceptors (Lipinski definition) is 3. The van der Waals surface area contributed by atoms with Crippen LogP contribution in [0.25, 0.3) is 0 Å². The second-order valence-electron chi connectivity index (χ2n) is 2.33. The van der Waals surface area contributed by atoms with E-state index in [9.17, 15) is 9.59 Å². The smallest absolute Gasteiger partial charge is 0.337 e. The molecule has 0 aromatic heterocycles. The summed E-state index contributed by atoms with van der Waals surface area (Å²) in [6.07, 6.45) is 5.38. The van der Waals surface area contributed by atoms with Gasteiger partial charge in [-0.15, -0.1) is 0 Å². The molecule has 0 aliphatic heterocycles. The highest BCUT2D eigenvalue weighted by molar-refractivity contribution is 5.93. The first-order valence-corrected chi connectivity index (χ1v) is 3.48. The summed E-state index contributed by atoms with van der Waals surface area (Å²) in [5, 5.41) is 0. The van der Waals surface area contributed by atoms with Gasteiger partial charge >= 0.3 is 5.97 Å². The van der Waals surface area contributed by atoms with Gasteiger partial charge in [-0.3, -0.25) is 0 Å². The van der Waals surface area contributed by atoms with Crippen molar-refractivity contribution in [3.63, 3.8) is 0 Å². The maximum absolute atomic E-state index is 10.9. The van der Waals surface area contributed by atoms with E-state index >= 15 is 0 Å². The Morgan fingerprint density at radius 3 is 3.00 bits per heavy atom. The van der Waals surface area contributed by atoms with Crippen molar-refractivity contribution in [1.29, 1.82) is 0 Å². The molecule has 1 aliphatic rings. The molecule has 0 atom stereocenters. The summed E-state index contributed by atoms with van der Waals surface area (Å²) in [5.41, 5.74) is 0.861. The van der Waals surface area contributed by atoms with Gasteiger partial charge in [-0.1, -0.05) is 12.2 Å². The van der Waals surface area contributed by atoms with Gasteiger partial charge in [-0.2, -0.15) is 0 Å². The molecule has 0 bridgehead atoms. The van der Waals surface area contributed by atoms with E-state index in [1.165, 1.54) is 13.2 Å². The van der Waals surface area contributed by atoms with E-state index in [0.29, 0.717) is 17.6 Å². The summed E-state index contributed by atoms with van der Waals surface area (Å²) in [6, 6.07) is 0. The average molecular weight is 164 g/mol. The number of allylic oxidation sites excluding steroid dienone is 3. The van der Waals surface area contributed by atoms with E-state index in [1.54, 1.807) is 18.1 Å². The average Bonchev–Trinajstić information content (AvgIpc) is 2.17. The molecule has 3 heteroatoms. The molecule has 0 fully saturated rings. The second-order valence-corrected chi connectivity index (χ2v) is 2.33. The summed E-state index contributed by atoms with van der Waals surface area (Å²) < 4.78 is 4.48. The van der Waals surface area contributed by atoms with E-state index in [2.05, 4.69) is 4.74 Å². The molecule has 62 valence electrons. The van der Waals surface area contributed by atoms with E-state index in [0.717, 1.165) is 0 Å². The van der Waals surface area contributed by atoms with Crippen LogP contribution >= 0.6 is 0 Å². The second kappa shape index (κ2) is 3.69. The Morgan fingerprint density at radius 2 is 2.42 bits per heavy atom. The third-order valence-corrected chi connectivity index (χ3v) is 1.52. The van der Waals surface area contributed by atoms with Gasteiger partial charge in [0.25, 0.3) is 0 Å². The van der Waals surface area contributed by atoms with Crippen molar-refractivity contribution < 1.29 is 14.3 Å². The molecular formula is C9H8O3. The summed E-state index contributed by atoms with van der Waals surface area (Å²) in [4.78, 5) is 21.2. The van der Waals surface area contributed by atoms with Crippen molar-refractivity contribution in [3.05, 3.63) is 29.4 Å². The van der Waals surface area contributed by atoms with Crippen molar-refractivity contribution >= 4 is 11.9 Å². The maximum Gasteiger partial charge on any atom is 0.337 e. The maximum atomic E-state index is 10.9. The monoisotopic (exact) mass is 164 g/mol. The van der Waals surface area contributed by atoms with Crippen molar-refractivity contribution in [3.8, 4) is 0 Å². The van der Waals surface area contributed by atoms with Crippen LogP contribution in [-0.2, 0) is 14.3 Å². The van der Waals surface area contributed by atoms with Crippen LogP contribution in [0.3, 0.4) is 0 Å². The van der Waals surface area contributed by atoms with E-state index in [-0.39, 0.29) is 0 Å². The van der Waals surface area contributed by atoms with E-state index in [4.69, 9.17) is 0 Å². The minimum atomic E-state index is -0.432. The Kier molecular flexibility index (Phi) is 2.62. The minimum Gasteiger partial charge on any atom is -0.465 e. The number of esters is 1. The first-order valence-electron chi connectivity index (χ1n) is 3.48. The third kappa shape index (κ3) is 1.71. The van der Waals surface area contributed by atoms with Gasteiger partial charge in [-0.25, -0.2) is 9.59 Å². The Labute approximate surface area is 70.0 Å². The summed E-state index contributed by atoms with van der Waals surface area (Å²) >= 11 is 0. The van der Waals surface area contributed by atoms with Crippen molar-refractivity contribution in [2.45, 2.75) is 6.42 Å². The Hall–Kier alpha value is -1.60. The lowest BCUT2D eigenvalue weighted by Gasteiger charge is -2.04. The van der Waals surface area contributed by atoms with Gasteiger partial charge in [0.1, 0.15) is 5.94 Å². The lowest BCUT2D eigenvalue weighted by Crippen LogP contribution is -2.04. The van der Waals surface area contributed by atoms with E-state index in [1.807, 2.05) is 0 Å². The quantitative estimate of drug-likeness (QED) is 0.425. The predicted molar refractivity (Wildman–Crippen MR) is 43.1 cm³/mol. The number of ether oxygens (including phenoxy) is 1. The molecule has 1 aliphatic carbocycles. The van der Waals surface area contributed by atoms with Gasteiger partial charge in [-0.05, 0) is 6.08 Å². The molecule has 0 aromatic rings. The fraction of sp³-hybridized carbons (Fsp3) is 0.222. The highest BCUT2D eigenvalue weighted by atomic mass is 16.5. The number of rotatable bonds is 1. The number of carbonyl (C=O) groups is 1. The lowest BCUT2D eigenvalue weighted by molar-refractivity contribution is -0.135. The van der Waals surface area contributed by atoms with Crippen LogP contribution in [0.15, 0.2) is 29.4 Å². The molecule has 0 aromatic carbocycles. The largest absolute Gasteiger partial charge is 0.465 e. The normalized spacial score (nSPS) is 15.1. The number of methoxy groups -OCH3 is 1. The molecule has 3 nitrogen and oxygen atoms in total. The van der Waals surface area contributed by atoms with E-state index < -0.39 is 5.97 Å². The highest BCUT2D eigenvalue weighted by Crippen LogP contribution is 2.13. The predicted octanol–water partition coefficient (Wildman–Crippen LogP) is 0.804. The molecule has 0 radical (unpaired) electrons. The van der Waals surface area contributed by atoms with Crippen LogP contribution in [0, 0.1) is 0 Å². The topological polar surface area (TPSA) is 43.4 Å². The first kappa shape index (κ1) is 8.50. The van der Waals surface area contributed by atoms with Crippen LogP contribution in [0.1, 0.15) is 6.42 Å². The fourth-order valence-electron chi connectivity index (χ4n) is 0.924. The summed E-state index contributed by atoms with van der Waals surface area (Å²) in [7, 11) is 1.30. The van der Waals surface area contributed by atoms with Crippen LogP contribution in [0.4, 0.5) is 0 Å². The summed E-state index contributed by atoms with van der Waals surface area (Å²) in [5.74, 6) is 1.31. The summed E-state index contributed by atoms with van der Waals surface area (Å²) in [6.45, 7) is 0. The van der Waals surface area contributed by atoms with Crippen molar-refractivity contribution in [2.24, 2.45) is 0 Å². The fourth-order valence-corrected chi connectivity index (χ4v) is 0.924. The molecule has 0 saturated carbocycles. The standard InChI is InChI=1S/C9H8O3/c1-12-9(11)8-4-2-3-7(5-8)6-10/h2,4-5H,3H2,1H3. The Bertz CT molecular complexity index is 304. The zero-order valence-corrected chi connectivity index (χ0v) is 6.66. The van der Waals surface area contributed by atoms with Crippen LogP contribution in [0.5, 0.6) is 0 Å². The zero-order chi connectivity index (χ0) is 8.97. The third-order valence-electron chi connectivity index (χ3n) is 1.52. The molecule has 0 N–H and O–H groups in total. The van der Waals surface area contributed by atoms with Crippen molar-refractivity contribution in [1.82, 2.24) is 0 Å². The van der Waals surface area contributed by atoms with Crippen LogP contribution in [0.2, 0.25) is 0 Å². The molecule has 0 saturated heterocycles. The van der Waals surface area contributed by atoms with Gasteiger partial charge in [0.2, 0.25) is 0 Å². The van der Waals surface area contributed by atoms with Gasteiger partial charge in [0.05, 0.1) is 12.7 Å². The first-order chi connectivity index (χ1) is 5.77. The van der Waals surface area contributed by atoms with Gasteiger partial charge < -0.3 is 4.74 Å². The Balaban J connectivity index is 2.91. The van der Waals surface area contributed by atoms with Crippen LogP contribution < -0.4 is 0 Å². The number of carbonyl (C=O) groups excluding carboxylic acids is 2.